The van der Waals surface area contributed by atoms with Gasteiger partial charge in [-0.1, -0.05) is 29.8 Å². The number of carboxylic acid groups (broad SMARTS) is 1. The summed E-state index contributed by atoms with van der Waals surface area (Å²) in [7, 11) is 0. The molecule has 3 N–H and O–H groups in total. The highest BCUT2D eigenvalue weighted by molar-refractivity contribution is 5.67. The van der Waals surface area contributed by atoms with Crippen LogP contribution in [0.5, 0.6) is 0 Å². The van der Waals surface area contributed by atoms with Crippen LogP contribution in [0, 0.1) is 6.92 Å². The SMILES string of the molecule is Cc1cccc([C@@H](C)NCC(O)CC(=O)O)c1. The van der Waals surface area contributed by atoms with Gasteiger partial charge in [0.1, 0.15) is 0 Å². The monoisotopic (exact) mass is 237 g/mol. The average molecular weight is 237 g/mol. The lowest BCUT2D eigenvalue weighted by Gasteiger charge is -2.17. The molecule has 0 aliphatic carbocycles. The van der Waals surface area contributed by atoms with Gasteiger partial charge in [-0.15, -0.1) is 0 Å². The van der Waals surface area contributed by atoms with E-state index < -0.39 is 12.1 Å². The van der Waals surface area contributed by atoms with Gasteiger partial charge in [0.25, 0.3) is 0 Å². The Morgan fingerprint density at radius 1 is 1.47 bits per heavy atom. The molecular weight excluding hydrogens is 218 g/mol. The highest BCUT2D eigenvalue weighted by Crippen LogP contribution is 2.13. The second-order valence-corrected chi connectivity index (χ2v) is 4.30. The van der Waals surface area contributed by atoms with E-state index in [2.05, 4.69) is 11.4 Å². The normalized spacial score (nSPS) is 14.3. The molecule has 4 nitrogen and oxygen atoms in total. The summed E-state index contributed by atoms with van der Waals surface area (Å²) in [6.07, 6.45) is -1.08. The van der Waals surface area contributed by atoms with Gasteiger partial charge in [-0.25, -0.2) is 0 Å². The first-order valence-corrected chi connectivity index (χ1v) is 5.69. The molecule has 1 aromatic carbocycles. The number of aliphatic carboxylic acids is 1. The number of nitrogens with one attached hydrogen (secondary N) is 1. The van der Waals surface area contributed by atoms with E-state index in [1.165, 1.54) is 5.56 Å². The summed E-state index contributed by atoms with van der Waals surface area (Å²) in [6, 6.07) is 8.18. The molecule has 1 rings (SSSR count). The molecule has 0 heterocycles. The first-order chi connectivity index (χ1) is 7.99. The van der Waals surface area contributed by atoms with Gasteiger partial charge >= 0.3 is 5.97 Å². The van der Waals surface area contributed by atoms with Gasteiger partial charge < -0.3 is 15.5 Å². The third-order valence-electron chi connectivity index (χ3n) is 2.61. The number of rotatable bonds is 6. The molecule has 0 fully saturated rings. The second-order valence-electron chi connectivity index (χ2n) is 4.30. The molecule has 0 aromatic heterocycles. The summed E-state index contributed by atoms with van der Waals surface area (Å²) < 4.78 is 0. The highest BCUT2D eigenvalue weighted by atomic mass is 16.4. The summed E-state index contributed by atoms with van der Waals surface area (Å²) in [5.74, 6) is -0.984. The Bertz CT molecular complexity index is 379. The first kappa shape index (κ1) is 13.7. The molecule has 0 spiro atoms. The van der Waals surface area contributed by atoms with Crippen LogP contribution >= 0.6 is 0 Å². The summed E-state index contributed by atoms with van der Waals surface area (Å²) in [6.45, 7) is 4.29. The Morgan fingerprint density at radius 3 is 2.76 bits per heavy atom. The second kappa shape index (κ2) is 6.37. The molecule has 1 aromatic rings. The van der Waals surface area contributed by atoms with Crippen molar-refractivity contribution < 1.29 is 15.0 Å². The minimum Gasteiger partial charge on any atom is -0.481 e. The molecule has 1 unspecified atom stereocenters. The van der Waals surface area contributed by atoms with Crippen molar-refractivity contribution in [1.82, 2.24) is 5.32 Å². The zero-order chi connectivity index (χ0) is 12.8. The zero-order valence-corrected chi connectivity index (χ0v) is 10.2. The molecule has 0 aliphatic heterocycles. The fourth-order valence-electron chi connectivity index (χ4n) is 1.64. The number of hydrogen-bond acceptors (Lipinski definition) is 3. The third kappa shape index (κ3) is 4.97. The fourth-order valence-corrected chi connectivity index (χ4v) is 1.64. The minimum atomic E-state index is -0.984. The topological polar surface area (TPSA) is 69.6 Å². The third-order valence-corrected chi connectivity index (χ3v) is 2.61. The van der Waals surface area contributed by atoms with Crippen molar-refractivity contribution >= 4 is 5.97 Å². The van der Waals surface area contributed by atoms with E-state index in [0.717, 1.165) is 5.56 Å². The number of aliphatic hydroxyl groups is 1. The van der Waals surface area contributed by atoms with Crippen molar-refractivity contribution in [1.29, 1.82) is 0 Å². The molecule has 0 aliphatic rings. The van der Waals surface area contributed by atoms with Crippen LogP contribution in [-0.2, 0) is 4.79 Å². The smallest absolute Gasteiger partial charge is 0.306 e. The van der Waals surface area contributed by atoms with Gasteiger partial charge in [0.05, 0.1) is 12.5 Å². The van der Waals surface area contributed by atoms with Crippen LogP contribution in [0.3, 0.4) is 0 Å². The van der Waals surface area contributed by atoms with Crippen molar-refractivity contribution in [2.75, 3.05) is 6.54 Å². The van der Waals surface area contributed by atoms with E-state index in [-0.39, 0.29) is 19.0 Å². The molecule has 0 saturated heterocycles. The summed E-state index contributed by atoms with van der Waals surface area (Å²) in [4.78, 5) is 10.4. The van der Waals surface area contributed by atoms with E-state index in [1.54, 1.807) is 0 Å². The maximum Gasteiger partial charge on any atom is 0.306 e. The maximum atomic E-state index is 10.4. The van der Waals surface area contributed by atoms with Crippen LogP contribution in [0.1, 0.15) is 30.5 Å². The summed E-state index contributed by atoms with van der Waals surface area (Å²) in [5.41, 5.74) is 2.31. The predicted molar refractivity (Wildman–Crippen MR) is 65.9 cm³/mol. The maximum absolute atomic E-state index is 10.4. The summed E-state index contributed by atoms with van der Waals surface area (Å²) >= 11 is 0. The lowest BCUT2D eigenvalue weighted by molar-refractivity contribution is -0.139. The van der Waals surface area contributed by atoms with Gasteiger partial charge in [-0.3, -0.25) is 4.79 Å². The highest BCUT2D eigenvalue weighted by Gasteiger charge is 2.11. The van der Waals surface area contributed by atoms with Gasteiger partial charge in [0, 0.05) is 12.6 Å². The largest absolute Gasteiger partial charge is 0.481 e. The molecular formula is C13H19NO3. The molecule has 2 atom stereocenters. The number of aliphatic hydroxyl groups excluding tert-OH is 1. The number of carboxylic acids is 1. The number of carbonyl (C=O) groups is 1. The van der Waals surface area contributed by atoms with Crippen LogP contribution in [-0.4, -0.2) is 28.8 Å². The van der Waals surface area contributed by atoms with E-state index in [9.17, 15) is 9.90 Å². The van der Waals surface area contributed by atoms with Gasteiger partial charge in [-0.2, -0.15) is 0 Å². The van der Waals surface area contributed by atoms with Crippen LogP contribution in [0.4, 0.5) is 0 Å². The van der Waals surface area contributed by atoms with Gasteiger partial charge in [0.2, 0.25) is 0 Å². The standard InChI is InChI=1S/C13H19NO3/c1-9-4-3-5-11(6-9)10(2)14-8-12(15)7-13(16)17/h3-6,10,12,14-15H,7-8H2,1-2H3,(H,16,17)/t10-,12?/m1/s1. The molecule has 0 saturated carbocycles. The van der Waals surface area contributed by atoms with E-state index in [0.29, 0.717) is 0 Å². The van der Waals surface area contributed by atoms with E-state index >= 15 is 0 Å². The van der Waals surface area contributed by atoms with Gasteiger partial charge in [-0.05, 0) is 19.4 Å². The van der Waals surface area contributed by atoms with Crippen molar-refractivity contribution in [2.45, 2.75) is 32.4 Å². The van der Waals surface area contributed by atoms with E-state index in [1.807, 2.05) is 32.0 Å². The van der Waals surface area contributed by atoms with Crippen LogP contribution < -0.4 is 5.32 Å². The van der Waals surface area contributed by atoms with Crippen molar-refractivity contribution in [2.24, 2.45) is 0 Å². The summed E-state index contributed by atoms with van der Waals surface area (Å²) in [5, 5.41) is 21.1. The van der Waals surface area contributed by atoms with Gasteiger partial charge in [0.15, 0.2) is 0 Å². The molecule has 4 heteroatoms. The molecule has 94 valence electrons. The van der Waals surface area contributed by atoms with Crippen LogP contribution in [0.25, 0.3) is 0 Å². The Labute approximate surface area is 101 Å². The Morgan fingerprint density at radius 2 is 2.18 bits per heavy atom. The average Bonchev–Trinajstić information content (AvgIpc) is 2.25. The first-order valence-electron chi connectivity index (χ1n) is 5.69. The van der Waals surface area contributed by atoms with Crippen LogP contribution in [0.15, 0.2) is 24.3 Å². The predicted octanol–water partition coefficient (Wildman–Crippen LogP) is 1.48. The Kier molecular flexibility index (Phi) is 5.12. The number of benzene rings is 1. The zero-order valence-electron chi connectivity index (χ0n) is 10.2. The molecule has 17 heavy (non-hydrogen) atoms. The lowest BCUT2D eigenvalue weighted by atomic mass is 10.1. The lowest BCUT2D eigenvalue weighted by Crippen LogP contribution is -2.30. The molecule has 0 bridgehead atoms. The molecule has 0 amide bonds. The fraction of sp³-hybridized carbons (Fsp3) is 0.462. The van der Waals surface area contributed by atoms with Crippen molar-refractivity contribution in [3.63, 3.8) is 0 Å². The quantitative estimate of drug-likeness (QED) is 0.701. The molecule has 0 radical (unpaired) electrons. The number of hydrogen-bond donors (Lipinski definition) is 3. The minimum absolute atomic E-state index is 0.0957. The number of aryl methyl sites for hydroxylation is 1. The Hall–Kier alpha value is -1.39. The van der Waals surface area contributed by atoms with Crippen molar-refractivity contribution in [3.05, 3.63) is 35.4 Å². The van der Waals surface area contributed by atoms with Crippen LogP contribution in [0.2, 0.25) is 0 Å². The Balaban J connectivity index is 2.44. The van der Waals surface area contributed by atoms with Crippen molar-refractivity contribution in [3.8, 4) is 0 Å². The van der Waals surface area contributed by atoms with E-state index in [4.69, 9.17) is 5.11 Å².